The van der Waals surface area contributed by atoms with Crippen LogP contribution < -0.4 is 9.47 Å². The summed E-state index contributed by atoms with van der Waals surface area (Å²) in [4.78, 5) is 0. The van der Waals surface area contributed by atoms with E-state index in [1.54, 1.807) is 12.1 Å². The molecule has 1 aromatic rings. The lowest BCUT2D eigenvalue weighted by Gasteiger charge is -2.12. The fourth-order valence-corrected chi connectivity index (χ4v) is 2.22. The van der Waals surface area contributed by atoms with E-state index in [0.717, 1.165) is 12.8 Å². The number of halogens is 5. The highest BCUT2D eigenvalue weighted by atomic mass is 35.5. The molecule has 112 valence electrons. The predicted octanol–water partition coefficient (Wildman–Crippen LogP) is 6.09. The van der Waals surface area contributed by atoms with Gasteiger partial charge in [0.2, 0.25) is 0 Å². The van der Waals surface area contributed by atoms with Crippen molar-refractivity contribution in [3.05, 3.63) is 32.7 Å². The van der Waals surface area contributed by atoms with Gasteiger partial charge in [-0.05, 0) is 18.9 Å². The van der Waals surface area contributed by atoms with Gasteiger partial charge in [-0.2, -0.15) is 0 Å². The lowest BCUT2D eigenvalue weighted by Crippen LogP contribution is -2.00. The molecule has 0 unspecified atom stereocenters. The van der Waals surface area contributed by atoms with Gasteiger partial charge in [-0.3, -0.25) is 0 Å². The maximum Gasteiger partial charge on any atom is 0.156 e. The quantitative estimate of drug-likeness (QED) is 0.403. The van der Waals surface area contributed by atoms with Gasteiger partial charge in [-0.1, -0.05) is 46.4 Å². The Morgan fingerprint density at radius 2 is 1.70 bits per heavy atom. The molecule has 7 heteroatoms. The van der Waals surface area contributed by atoms with Crippen LogP contribution in [-0.4, -0.2) is 19.1 Å². The van der Waals surface area contributed by atoms with E-state index < -0.39 is 0 Å². The zero-order valence-corrected chi connectivity index (χ0v) is 14.3. The van der Waals surface area contributed by atoms with E-state index >= 15 is 0 Å². The van der Waals surface area contributed by atoms with Crippen LogP contribution in [0.1, 0.15) is 12.8 Å². The molecule has 0 fully saturated rings. The molecule has 0 radical (unpaired) electrons. The van der Waals surface area contributed by atoms with Crippen LogP contribution in [0, 0.1) is 0 Å². The number of rotatable bonds is 8. The van der Waals surface area contributed by atoms with Crippen molar-refractivity contribution in [2.45, 2.75) is 12.8 Å². The van der Waals surface area contributed by atoms with Gasteiger partial charge in [0.15, 0.2) is 5.75 Å². The van der Waals surface area contributed by atoms with Gasteiger partial charge < -0.3 is 9.47 Å². The molecule has 0 spiro atoms. The SMILES string of the molecule is ClCCCCOc1c(Cl)cc(OCC=C(Cl)Cl)cc1Cl. The minimum Gasteiger partial charge on any atom is -0.490 e. The minimum atomic E-state index is 0.140. The number of hydrogen-bond donors (Lipinski definition) is 0. The van der Waals surface area contributed by atoms with Crippen molar-refractivity contribution in [2.24, 2.45) is 0 Å². The summed E-state index contributed by atoms with van der Waals surface area (Å²) in [5, 5.41) is 0.777. The standard InChI is InChI=1S/C13H13Cl5O2/c14-4-1-2-5-20-13-10(15)7-9(8-11(13)16)19-6-3-12(17)18/h3,7-8H,1-2,4-6H2. The molecule has 0 bridgehead atoms. The Morgan fingerprint density at radius 1 is 1.05 bits per heavy atom. The van der Waals surface area contributed by atoms with Crippen LogP contribution in [0.5, 0.6) is 11.5 Å². The van der Waals surface area contributed by atoms with Crippen LogP contribution in [0.3, 0.4) is 0 Å². The summed E-state index contributed by atoms with van der Waals surface area (Å²) in [6, 6.07) is 3.25. The van der Waals surface area contributed by atoms with E-state index in [1.807, 2.05) is 0 Å². The summed E-state index contributed by atoms with van der Waals surface area (Å²) in [5.41, 5.74) is 0. The Balaban J connectivity index is 2.63. The van der Waals surface area contributed by atoms with E-state index in [9.17, 15) is 0 Å². The lowest BCUT2D eigenvalue weighted by molar-refractivity contribution is 0.308. The van der Waals surface area contributed by atoms with Crippen molar-refractivity contribution in [3.8, 4) is 11.5 Å². The molecule has 0 aliphatic carbocycles. The van der Waals surface area contributed by atoms with Crippen LogP contribution in [-0.2, 0) is 0 Å². The van der Waals surface area contributed by atoms with Crippen molar-refractivity contribution in [1.29, 1.82) is 0 Å². The molecule has 0 aromatic heterocycles. The van der Waals surface area contributed by atoms with Gasteiger partial charge in [0.1, 0.15) is 16.8 Å². The van der Waals surface area contributed by atoms with E-state index in [4.69, 9.17) is 67.5 Å². The Morgan fingerprint density at radius 3 is 2.25 bits per heavy atom. The molecular formula is C13H13Cl5O2. The second-order valence-electron chi connectivity index (χ2n) is 3.77. The summed E-state index contributed by atoms with van der Waals surface area (Å²) >= 11 is 28.8. The van der Waals surface area contributed by atoms with E-state index in [2.05, 4.69) is 0 Å². The first-order chi connectivity index (χ1) is 9.54. The average molecular weight is 379 g/mol. The summed E-state index contributed by atoms with van der Waals surface area (Å²) in [6.07, 6.45) is 3.23. The number of alkyl halides is 1. The van der Waals surface area contributed by atoms with Crippen LogP contribution in [0.2, 0.25) is 10.0 Å². The zero-order chi connectivity index (χ0) is 15.0. The van der Waals surface area contributed by atoms with Crippen molar-refractivity contribution < 1.29 is 9.47 Å². The predicted molar refractivity (Wildman–Crippen MR) is 87.2 cm³/mol. The van der Waals surface area contributed by atoms with Crippen molar-refractivity contribution in [3.63, 3.8) is 0 Å². The van der Waals surface area contributed by atoms with Crippen molar-refractivity contribution in [1.82, 2.24) is 0 Å². The lowest BCUT2D eigenvalue weighted by atomic mass is 10.3. The second-order valence-corrected chi connectivity index (χ2v) is 5.97. The van der Waals surface area contributed by atoms with E-state index in [0.29, 0.717) is 34.0 Å². The maximum absolute atomic E-state index is 6.11. The normalized spacial score (nSPS) is 10.2. The molecule has 1 aromatic carbocycles. The molecule has 0 aliphatic rings. The maximum atomic E-state index is 6.11. The fourth-order valence-electron chi connectivity index (χ4n) is 1.33. The number of benzene rings is 1. The highest BCUT2D eigenvalue weighted by Crippen LogP contribution is 2.37. The van der Waals surface area contributed by atoms with Gasteiger partial charge in [0.25, 0.3) is 0 Å². The Kier molecular flexibility index (Phi) is 8.90. The highest BCUT2D eigenvalue weighted by molar-refractivity contribution is 6.55. The van der Waals surface area contributed by atoms with Crippen molar-refractivity contribution >= 4 is 58.0 Å². The summed E-state index contributed by atoms with van der Waals surface area (Å²) < 4.78 is 11.1. The van der Waals surface area contributed by atoms with Gasteiger partial charge in [-0.25, -0.2) is 0 Å². The van der Waals surface area contributed by atoms with Gasteiger partial charge >= 0.3 is 0 Å². The van der Waals surface area contributed by atoms with Crippen LogP contribution in [0.15, 0.2) is 22.7 Å². The van der Waals surface area contributed by atoms with Crippen LogP contribution in [0.4, 0.5) is 0 Å². The number of unbranched alkanes of at least 4 members (excludes halogenated alkanes) is 1. The van der Waals surface area contributed by atoms with Gasteiger partial charge in [0, 0.05) is 18.0 Å². The van der Waals surface area contributed by atoms with Crippen LogP contribution >= 0.6 is 58.0 Å². The zero-order valence-electron chi connectivity index (χ0n) is 10.5. The second kappa shape index (κ2) is 9.86. The van der Waals surface area contributed by atoms with Gasteiger partial charge in [-0.15, -0.1) is 11.6 Å². The molecule has 1 rings (SSSR count). The topological polar surface area (TPSA) is 18.5 Å². The number of ether oxygens (including phenoxy) is 2. The highest BCUT2D eigenvalue weighted by Gasteiger charge is 2.10. The molecule has 0 N–H and O–H groups in total. The third-order valence-corrected chi connectivity index (χ3v) is 3.37. The monoisotopic (exact) mass is 376 g/mol. The fraction of sp³-hybridized carbons (Fsp3) is 0.385. The van der Waals surface area contributed by atoms with Crippen molar-refractivity contribution in [2.75, 3.05) is 19.1 Å². The summed E-state index contributed by atoms with van der Waals surface area (Å²) in [7, 11) is 0. The first-order valence-corrected chi connectivity index (χ1v) is 7.91. The largest absolute Gasteiger partial charge is 0.490 e. The Hall–Kier alpha value is 0.01000. The van der Waals surface area contributed by atoms with E-state index in [1.165, 1.54) is 6.08 Å². The Bertz CT molecular complexity index is 435. The molecular weight excluding hydrogens is 365 g/mol. The summed E-state index contributed by atoms with van der Waals surface area (Å²) in [6.45, 7) is 0.738. The molecule has 0 amide bonds. The average Bonchev–Trinajstić information content (AvgIpc) is 2.36. The molecule has 0 aliphatic heterocycles. The van der Waals surface area contributed by atoms with Gasteiger partial charge in [0.05, 0.1) is 16.7 Å². The molecule has 0 saturated heterocycles. The third-order valence-electron chi connectivity index (χ3n) is 2.23. The first kappa shape index (κ1) is 18.1. The first-order valence-electron chi connectivity index (χ1n) is 5.86. The Labute approximate surface area is 143 Å². The minimum absolute atomic E-state index is 0.140. The molecule has 20 heavy (non-hydrogen) atoms. The third kappa shape index (κ3) is 6.64. The van der Waals surface area contributed by atoms with Crippen LogP contribution in [0.25, 0.3) is 0 Å². The number of hydrogen-bond acceptors (Lipinski definition) is 2. The van der Waals surface area contributed by atoms with E-state index in [-0.39, 0.29) is 11.1 Å². The molecule has 0 atom stereocenters. The summed E-state index contributed by atoms with van der Waals surface area (Å²) in [5.74, 6) is 1.56. The molecule has 2 nitrogen and oxygen atoms in total. The molecule has 0 saturated carbocycles. The molecule has 0 heterocycles. The smallest absolute Gasteiger partial charge is 0.156 e.